The Hall–Kier alpha value is -2.40. The zero-order valence-electron chi connectivity index (χ0n) is 17.1. The van der Waals surface area contributed by atoms with Crippen molar-refractivity contribution in [3.63, 3.8) is 0 Å². The number of amides is 2. The van der Waals surface area contributed by atoms with Gasteiger partial charge in [-0.05, 0) is 61.4 Å². The summed E-state index contributed by atoms with van der Waals surface area (Å²) in [4.78, 5) is 31.7. The number of benzene rings is 1. The van der Waals surface area contributed by atoms with Crippen molar-refractivity contribution in [3.8, 4) is 0 Å². The van der Waals surface area contributed by atoms with Crippen LogP contribution in [0.15, 0.2) is 48.8 Å². The fraction of sp³-hybridized carbons (Fsp3) is 0.458. The highest BCUT2D eigenvalue weighted by Gasteiger charge is 2.42. The number of aromatic nitrogens is 1. The van der Waals surface area contributed by atoms with Crippen molar-refractivity contribution in [2.75, 3.05) is 19.6 Å². The summed E-state index contributed by atoms with van der Waals surface area (Å²) < 4.78 is 0. The first-order valence-corrected chi connectivity index (χ1v) is 11.2. The lowest BCUT2D eigenvalue weighted by molar-refractivity contribution is -0.126. The Morgan fingerprint density at radius 1 is 1.10 bits per heavy atom. The highest BCUT2D eigenvalue weighted by molar-refractivity contribution is 6.30. The van der Waals surface area contributed by atoms with E-state index in [1.807, 2.05) is 29.2 Å². The molecule has 1 N–H and O–H groups in total. The van der Waals surface area contributed by atoms with Gasteiger partial charge in [-0.2, -0.15) is 0 Å². The Morgan fingerprint density at radius 3 is 2.43 bits per heavy atom. The zero-order valence-corrected chi connectivity index (χ0v) is 17.9. The first-order chi connectivity index (χ1) is 14.6. The summed E-state index contributed by atoms with van der Waals surface area (Å²) in [5.74, 6) is 0.574. The van der Waals surface area contributed by atoms with Crippen LogP contribution in [0.3, 0.4) is 0 Å². The summed E-state index contributed by atoms with van der Waals surface area (Å²) in [6.45, 7) is 2.11. The lowest BCUT2D eigenvalue weighted by Gasteiger charge is -2.33. The van der Waals surface area contributed by atoms with Crippen molar-refractivity contribution in [2.45, 2.75) is 43.9 Å². The van der Waals surface area contributed by atoms with Crippen molar-refractivity contribution < 1.29 is 9.59 Å². The number of piperidine rings is 1. The maximum absolute atomic E-state index is 13.2. The summed E-state index contributed by atoms with van der Waals surface area (Å²) in [7, 11) is 0. The smallest absolute Gasteiger partial charge is 0.255 e. The molecule has 1 aliphatic carbocycles. The Bertz CT molecular complexity index is 871. The van der Waals surface area contributed by atoms with E-state index in [2.05, 4.69) is 10.3 Å². The molecule has 2 heterocycles. The molecule has 2 fully saturated rings. The third kappa shape index (κ3) is 4.36. The minimum atomic E-state index is -0.429. The molecule has 2 aromatic rings. The highest BCUT2D eigenvalue weighted by atomic mass is 35.5. The predicted octanol–water partition coefficient (Wildman–Crippen LogP) is 4.22. The number of pyridine rings is 1. The summed E-state index contributed by atoms with van der Waals surface area (Å²) in [6, 6.07) is 11.3. The molecule has 1 aromatic carbocycles. The van der Waals surface area contributed by atoms with E-state index in [0.29, 0.717) is 23.0 Å². The van der Waals surface area contributed by atoms with Gasteiger partial charge in [0.2, 0.25) is 5.91 Å². The fourth-order valence-electron chi connectivity index (χ4n) is 4.81. The molecule has 2 aliphatic rings. The normalized spacial score (nSPS) is 18.9. The number of likely N-dealkylation sites (tertiary alicyclic amines) is 1. The van der Waals surface area contributed by atoms with Gasteiger partial charge >= 0.3 is 0 Å². The first-order valence-electron chi connectivity index (χ1n) is 10.8. The van der Waals surface area contributed by atoms with E-state index in [1.54, 1.807) is 24.5 Å². The topological polar surface area (TPSA) is 62.3 Å². The van der Waals surface area contributed by atoms with Crippen molar-refractivity contribution in [1.29, 1.82) is 0 Å². The van der Waals surface area contributed by atoms with Crippen molar-refractivity contribution >= 4 is 23.4 Å². The van der Waals surface area contributed by atoms with Crippen LogP contribution in [-0.4, -0.2) is 41.3 Å². The molecular weight excluding hydrogens is 398 g/mol. The minimum absolute atomic E-state index is 0.0400. The lowest BCUT2D eigenvalue weighted by atomic mass is 9.78. The maximum Gasteiger partial charge on any atom is 0.255 e. The molecular formula is C24H28ClN3O2. The van der Waals surface area contributed by atoms with E-state index in [9.17, 15) is 9.59 Å². The van der Waals surface area contributed by atoms with Crippen LogP contribution in [0.2, 0.25) is 5.02 Å². The fourth-order valence-corrected chi connectivity index (χ4v) is 4.94. The van der Waals surface area contributed by atoms with Gasteiger partial charge in [-0.1, -0.05) is 36.6 Å². The van der Waals surface area contributed by atoms with Gasteiger partial charge in [0.05, 0.1) is 11.0 Å². The van der Waals surface area contributed by atoms with Gasteiger partial charge in [0, 0.05) is 37.1 Å². The number of rotatable bonds is 5. The molecule has 0 radical (unpaired) electrons. The molecule has 158 valence electrons. The molecule has 0 unspecified atom stereocenters. The Kier molecular flexibility index (Phi) is 6.38. The van der Waals surface area contributed by atoms with Crippen LogP contribution in [0, 0.1) is 5.92 Å². The molecule has 0 bridgehead atoms. The molecule has 0 spiro atoms. The molecule has 4 rings (SSSR count). The minimum Gasteiger partial charge on any atom is -0.355 e. The first kappa shape index (κ1) is 20.9. The standard InChI is InChI=1S/C24H28ClN3O2/c25-21-7-5-20(6-8-21)24(11-1-2-12-24)23(30)27-16-18-9-14-28(15-10-18)22(29)19-4-3-13-26-17-19/h3-8,13,17-18H,1-2,9-12,14-16H2,(H,27,30). The maximum atomic E-state index is 13.2. The third-order valence-electron chi connectivity index (χ3n) is 6.65. The Balaban J connectivity index is 1.32. The number of carbonyl (C=O) groups is 2. The summed E-state index contributed by atoms with van der Waals surface area (Å²) in [5.41, 5.74) is 1.27. The number of halogens is 1. The average Bonchev–Trinajstić information content (AvgIpc) is 3.30. The van der Waals surface area contributed by atoms with Crippen LogP contribution >= 0.6 is 11.6 Å². The summed E-state index contributed by atoms with van der Waals surface area (Å²) >= 11 is 6.05. The number of nitrogens with one attached hydrogen (secondary N) is 1. The second kappa shape index (κ2) is 9.17. The molecule has 1 aliphatic heterocycles. The number of nitrogens with zero attached hydrogens (tertiary/aromatic N) is 2. The van der Waals surface area contributed by atoms with E-state index in [-0.39, 0.29) is 11.8 Å². The Morgan fingerprint density at radius 2 is 1.80 bits per heavy atom. The van der Waals surface area contributed by atoms with Gasteiger partial charge in [0.1, 0.15) is 0 Å². The molecule has 6 heteroatoms. The molecule has 2 amide bonds. The van der Waals surface area contributed by atoms with E-state index in [1.165, 1.54) is 0 Å². The molecule has 1 saturated heterocycles. The zero-order chi connectivity index (χ0) is 21.0. The van der Waals surface area contributed by atoms with E-state index >= 15 is 0 Å². The second-order valence-corrected chi connectivity index (χ2v) is 8.92. The lowest BCUT2D eigenvalue weighted by Crippen LogP contribution is -2.46. The quantitative estimate of drug-likeness (QED) is 0.780. The van der Waals surface area contributed by atoms with Crippen molar-refractivity contribution in [3.05, 3.63) is 64.9 Å². The van der Waals surface area contributed by atoms with E-state index < -0.39 is 5.41 Å². The molecule has 30 heavy (non-hydrogen) atoms. The highest BCUT2D eigenvalue weighted by Crippen LogP contribution is 2.41. The largest absolute Gasteiger partial charge is 0.355 e. The van der Waals surface area contributed by atoms with Gasteiger partial charge < -0.3 is 10.2 Å². The molecule has 0 atom stereocenters. The van der Waals surface area contributed by atoms with Crippen molar-refractivity contribution in [1.82, 2.24) is 15.2 Å². The third-order valence-corrected chi connectivity index (χ3v) is 6.90. The van der Waals surface area contributed by atoms with Crippen molar-refractivity contribution in [2.24, 2.45) is 5.92 Å². The second-order valence-electron chi connectivity index (χ2n) is 8.48. The Labute approximate surface area is 182 Å². The van der Waals surface area contributed by atoms with Crippen LogP contribution in [-0.2, 0) is 10.2 Å². The molecule has 1 aromatic heterocycles. The summed E-state index contributed by atoms with van der Waals surface area (Å²) in [5, 5.41) is 3.93. The van der Waals surface area contributed by atoms with Gasteiger partial charge in [0.15, 0.2) is 0 Å². The predicted molar refractivity (Wildman–Crippen MR) is 117 cm³/mol. The van der Waals surface area contributed by atoms with E-state index in [4.69, 9.17) is 11.6 Å². The number of hydrogen-bond donors (Lipinski definition) is 1. The van der Waals surface area contributed by atoms with Crippen LogP contribution < -0.4 is 5.32 Å². The SMILES string of the molecule is O=C(c1cccnc1)N1CCC(CNC(=O)C2(c3ccc(Cl)cc3)CCCC2)CC1. The van der Waals surface area contributed by atoms with Gasteiger partial charge in [-0.3, -0.25) is 14.6 Å². The number of carbonyl (C=O) groups excluding carboxylic acids is 2. The van der Waals surface area contributed by atoms with Crippen LogP contribution in [0.25, 0.3) is 0 Å². The van der Waals surface area contributed by atoms with Gasteiger partial charge in [-0.15, -0.1) is 0 Å². The molecule has 5 nitrogen and oxygen atoms in total. The number of hydrogen-bond acceptors (Lipinski definition) is 3. The van der Waals surface area contributed by atoms with Crippen LogP contribution in [0.1, 0.15) is 54.4 Å². The summed E-state index contributed by atoms with van der Waals surface area (Å²) in [6.07, 6.45) is 9.02. The molecule has 1 saturated carbocycles. The van der Waals surface area contributed by atoms with Gasteiger partial charge in [0.25, 0.3) is 5.91 Å². The van der Waals surface area contributed by atoms with Gasteiger partial charge in [-0.25, -0.2) is 0 Å². The average molecular weight is 426 g/mol. The monoisotopic (exact) mass is 425 g/mol. The van der Waals surface area contributed by atoms with E-state index in [0.717, 1.165) is 57.2 Å². The van der Waals surface area contributed by atoms with Crippen LogP contribution in [0.5, 0.6) is 0 Å². The van der Waals surface area contributed by atoms with Crippen LogP contribution in [0.4, 0.5) is 0 Å².